The van der Waals surface area contributed by atoms with Crippen molar-refractivity contribution in [2.45, 2.75) is 12.8 Å². The second-order valence-corrected chi connectivity index (χ2v) is 6.36. The van der Waals surface area contributed by atoms with Crippen molar-refractivity contribution in [2.24, 2.45) is 11.8 Å². The quantitative estimate of drug-likeness (QED) is 0.456. The number of carbonyl (C=O) groups is 4. The van der Waals surface area contributed by atoms with Gasteiger partial charge in [-0.05, 0) is 37.1 Å². The highest BCUT2D eigenvalue weighted by molar-refractivity contribution is 6.07. The molecule has 8 heteroatoms. The monoisotopic (exact) mass is 372 g/mol. The predicted octanol–water partition coefficient (Wildman–Crippen LogP) is 1.13. The van der Waals surface area contributed by atoms with E-state index in [2.05, 4.69) is 5.32 Å². The van der Waals surface area contributed by atoms with Gasteiger partial charge in [0.1, 0.15) is 12.3 Å². The second kappa shape index (κ2) is 8.03. The van der Waals surface area contributed by atoms with E-state index >= 15 is 0 Å². The highest BCUT2D eigenvalue weighted by Gasteiger charge is 2.47. The summed E-state index contributed by atoms with van der Waals surface area (Å²) in [5, 5.41) is 2.57. The van der Waals surface area contributed by atoms with Gasteiger partial charge in [0.25, 0.3) is 5.91 Å². The minimum absolute atomic E-state index is 0.353. The smallest absolute Gasteiger partial charge is 0.326 e. The number of benzene rings is 1. The zero-order chi connectivity index (χ0) is 19.4. The molecular weight excluding hydrogens is 352 g/mol. The summed E-state index contributed by atoms with van der Waals surface area (Å²) in [5.74, 6) is -2.17. The molecular formula is C19H20N2O6. The molecule has 1 N–H and O–H groups in total. The molecule has 0 spiro atoms. The molecule has 1 aromatic rings. The summed E-state index contributed by atoms with van der Waals surface area (Å²) in [6.07, 6.45) is 4.76. The van der Waals surface area contributed by atoms with Gasteiger partial charge in [-0.3, -0.25) is 24.1 Å². The van der Waals surface area contributed by atoms with E-state index in [0.717, 1.165) is 4.90 Å². The van der Waals surface area contributed by atoms with E-state index in [1.165, 1.54) is 7.11 Å². The summed E-state index contributed by atoms with van der Waals surface area (Å²) in [5.41, 5.74) is 0.526. The van der Waals surface area contributed by atoms with Crippen molar-refractivity contribution in [2.75, 3.05) is 25.6 Å². The fourth-order valence-corrected chi connectivity index (χ4v) is 3.22. The normalized spacial score (nSPS) is 21.0. The van der Waals surface area contributed by atoms with Gasteiger partial charge in [0.05, 0.1) is 18.9 Å². The van der Waals surface area contributed by atoms with Gasteiger partial charge < -0.3 is 14.8 Å². The minimum Gasteiger partial charge on any atom is -0.497 e. The first-order valence-corrected chi connectivity index (χ1v) is 8.59. The summed E-state index contributed by atoms with van der Waals surface area (Å²) in [6, 6.07) is 6.66. The van der Waals surface area contributed by atoms with Crippen LogP contribution >= 0.6 is 0 Å². The second-order valence-electron chi connectivity index (χ2n) is 6.36. The molecule has 1 heterocycles. The molecule has 1 aliphatic carbocycles. The van der Waals surface area contributed by atoms with Crippen molar-refractivity contribution in [3.05, 3.63) is 36.4 Å². The molecule has 0 radical (unpaired) electrons. The standard InChI is InChI=1S/C19H20N2O6/c1-26-13-8-6-12(7-9-13)20-16(22)11-27-17(23)10-21-18(24)14-4-2-3-5-15(14)19(21)25/h2-3,6-9,14-15H,4-5,10-11H2,1H3,(H,20,22)/t14-,15-/m0/s1. The molecule has 1 aromatic carbocycles. The van der Waals surface area contributed by atoms with Gasteiger partial charge in [0.15, 0.2) is 6.61 Å². The Morgan fingerprint density at radius 2 is 1.67 bits per heavy atom. The third kappa shape index (κ3) is 4.16. The molecule has 0 bridgehead atoms. The van der Waals surface area contributed by atoms with Crippen LogP contribution in [0.15, 0.2) is 36.4 Å². The Labute approximate surface area is 156 Å². The molecule has 0 aromatic heterocycles. The highest BCUT2D eigenvalue weighted by Crippen LogP contribution is 2.34. The SMILES string of the molecule is COc1ccc(NC(=O)COC(=O)CN2C(=O)[C@H]3CC=CC[C@@H]3C2=O)cc1. The molecule has 3 amide bonds. The van der Waals surface area contributed by atoms with Crippen LogP contribution in [0.2, 0.25) is 0 Å². The van der Waals surface area contributed by atoms with E-state index in [-0.39, 0.29) is 11.8 Å². The summed E-state index contributed by atoms with van der Waals surface area (Å²) in [7, 11) is 1.54. The number of amides is 3. The number of nitrogens with zero attached hydrogens (tertiary/aromatic N) is 1. The zero-order valence-corrected chi connectivity index (χ0v) is 14.8. The number of esters is 1. The lowest BCUT2D eigenvalue weighted by molar-refractivity contribution is -0.154. The number of rotatable bonds is 6. The van der Waals surface area contributed by atoms with Crippen LogP contribution in [0.5, 0.6) is 5.75 Å². The van der Waals surface area contributed by atoms with Crippen LogP contribution in [-0.4, -0.2) is 48.9 Å². The average Bonchev–Trinajstić information content (AvgIpc) is 2.92. The summed E-state index contributed by atoms with van der Waals surface area (Å²) in [4.78, 5) is 49.3. The number of nitrogens with one attached hydrogen (secondary N) is 1. The average molecular weight is 372 g/mol. The van der Waals surface area contributed by atoms with Crippen LogP contribution in [-0.2, 0) is 23.9 Å². The summed E-state index contributed by atoms with van der Waals surface area (Å²) in [6.45, 7) is -0.976. The van der Waals surface area contributed by atoms with E-state index in [1.54, 1.807) is 24.3 Å². The van der Waals surface area contributed by atoms with Crippen molar-refractivity contribution < 1.29 is 28.7 Å². The molecule has 3 rings (SSSR count). The van der Waals surface area contributed by atoms with Crippen LogP contribution < -0.4 is 10.1 Å². The molecule has 8 nitrogen and oxygen atoms in total. The van der Waals surface area contributed by atoms with Crippen LogP contribution in [0.3, 0.4) is 0 Å². The van der Waals surface area contributed by atoms with Crippen LogP contribution in [0.4, 0.5) is 5.69 Å². The fraction of sp³-hybridized carbons (Fsp3) is 0.368. The van der Waals surface area contributed by atoms with E-state index in [9.17, 15) is 19.2 Å². The largest absolute Gasteiger partial charge is 0.497 e. The number of hydrogen-bond acceptors (Lipinski definition) is 6. The number of ether oxygens (including phenoxy) is 2. The highest BCUT2D eigenvalue weighted by atomic mass is 16.5. The number of fused-ring (bicyclic) bond motifs is 1. The van der Waals surface area contributed by atoms with E-state index in [0.29, 0.717) is 24.3 Å². The molecule has 1 fully saturated rings. The maximum absolute atomic E-state index is 12.3. The number of allylic oxidation sites excluding steroid dienone is 2. The van der Waals surface area contributed by atoms with Crippen molar-refractivity contribution in [1.29, 1.82) is 0 Å². The van der Waals surface area contributed by atoms with Gasteiger partial charge >= 0.3 is 5.97 Å². The number of methoxy groups -OCH3 is 1. The van der Waals surface area contributed by atoms with Crippen molar-refractivity contribution in [1.82, 2.24) is 4.90 Å². The van der Waals surface area contributed by atoms with Crippen LogP contribution in [0, 0.1) is 11.8 Å². The maximum atomic E-state index is 12.3. The minimum atomic E-state index is -0.798. The number of imide groups is 1. The van der Waals surface area contributed by atoms with E-state index in [1.807, 2.05) is 12.2 Å². The number of carbonyl (C=O) groups excluding carboxylic acids is 4. The van der Waals surface area contributed by atoms with E-state index < -0.39 is 36.9 Å². The Morgan fingerprint density at radius 1 is 1.07 bits per heavy atom. The predicted molar refractivity (Wildman–Crippen MR) is 94.7 cm³/mol. The van der Waals surface area contributed by atoms with E-state index in [4.69, 9.17) is 9.47 Å². The topological polar surface area (TPSA) is 102 Å². The lowest BCUT2D eigenvalue weighted by Crippen LogP contribution is -2.37. The fourth-order valence-electron chi connectivity index (χ4n) is 3.22. The molecule has 0 saturated carbocycles. The van der Waals surface area contributed by atoms with Crippen molar-refractivity contribution in [3.8, 4) is 5.75 Å². The van der Waals surface area contributed by atoms with Crippen molar-refractivity contribution >= 4 is 29.4 Å². The lowest BCUT2D eigenvalue weighted by atomic mass is 9.85. The Balaban J connectivity index is 1.47. The van der Waals surface area contributed by atoms with Gasteiger partial charge in [-0.25, -0.2) is 0 Å². The van der Waals surface area contributed by atoms with Crippen LogP contribution in [0.1, 0.15) is 12.8 Å². The van der Waals surface area contributed by atoms with Gasteiger partial charge in [-0.2, -0.15) is 0 Å². The third-order valence-electron chi connectivity index (χ3n) is 4.62. The number of likely N-dealkylation sites (tertiary alicyclic amines) is 1. The molecule has 2 aliphatic rings. The zero-order valence-electron chi connectivity index (χ0n) is 14.8. The van der Waals surface area contributed by atoms with Crippen molar-refractivity contribution in [3.63, 3.8) is 0 Å². The van der Waals surface area contributed by atoms with Gasteiger partial charge in [-0.15, -0.1) is 0 Å². The third-order valence-corrected chi connectivity index (χ3v) is 4.62. The maximum Gasteiger partial charge on any atom is 0.326 e. The van der Waals surface area contributed by atoms with Gasteiger partial charge in [0.2, 0.25) is 11.8 Å². The number of hydrogen-bond donors (Lipinski definition) is 1. The molecule has 27 heavy (non-hydrogen) atoms. The Morgan fingerprint density at radius 3 is 2.22 bits per heavy atom. The van der Waals surface area contributed by atoms with Gasteiger partial charge in [0, 0.05) is 5.69 Å². The Hall–Kier alpha value is -3.16. The molecule has 0 unspecified atom stereocenters. The molecule has 1 aliphatic heterocycles. The summed E-state index contributed by atoms with van der Waals surface area (Å²) >= 11 is 0. The first-order chi connectivity index (χ1) is 13.0. The number of anilines is 1. The molecule has 1 saturated heterocycles. The van der Waals surface area contributed by atoms with Crippen LogP contribution in [0.25, 0.3) is 0 Å². The molecule has 142 valence electrons. The molecule has 2 atom stereocenters. The first-order valence-electron chi connectivity index (χ1n) is 8.59. The summed E-state index contributed by atoms with van der Waals surface area (Å²) < 4.78 is 9.92. The first kappa shape index (κ1) is 18.6. The Bertz CT molecular complexity index is 760. The lowest BCUT2D eigenvalue weighted by Gasteiger charge is -2.14. The Kier molecular flexibility index (Phi) is 5.54. The van der Waals surface area contributed by atoms with Gasteiger partial charge in [-0.1, -0.05) is 12.2 Å².